The van der Waals surface area contributed by atoms with Crippen LogP contribution in [0.4, 0.5) is 5.95 Å². The summed E-state index contributed by atoms with van der Waals surface area (Å²) in [6.07, 6.45) is 0. The van der Waals surface area contributed by atoms with E-state index < -0.39 is 0 Å². The average molecular weight is 321 g/mol. The summed E-state index contributed by atoms with van der Waals surface area (Å²) >= 11 is 7.23. The number of H-pyrrole nitrogens is 1. The molecule has 0 saturated heterocycles. The first-order valence-electron chi connectivity index (χ1n) is 6.43. The van der Waals surface area contributed by atoms with E-state index in [0.29, 0.717) is 17.6 Å². The molecule has 8 heteroatoms. The van der Waals surface area contributed by atoms with E-state index in [2.05, 4.69) is 36.3 Å². The summed E-state index contributed by atoms with van der Waals surface area (Å²) < 4.78 is 0. The number of aromatic amines is 1. The summed E-state index contributed by atoms with van der Waals surface area (Å²) in [5.74, 6) is 0.465. The van der Waals surface area contributed by atoms with Crippen molar-refractivity contribution in [3.05, 3.63) is 29.0 Å². The van der Waals surface area contributed by atoms with Gasteiger partial charge in [0.1, 0.15) is 0 Å². The van der Waals surface area contributed by atoms with Gasteiger partial charge in [-0.15, -0.1) is 0 Å². The van der Waals surface area contributed by atoms with Crippen molar-refractivity contribution < 1.29 is 0 Å². The lowest BCUT2D eigenvalue weighted by Crippen LogP contribution is -2.04. The van der Waals surface area contributed by atoms with Crippen molar-refractivity contribution >= 4 is 40.3 Å². The van der Waals surface area contributed by atoms with Gasteiger partial charge in [0.05, 0.1) is 11.0 Å². The number of hydrogen-bond donors (Lipinski definition) is 2. The van der Waals surface area contributed by atoms with Gasteiger partial charge in [0.15, 0.2) is 5.16 Å². The molecule has 3 rings (SSSR count). The van der Waals surface area contributed by atoms with Crippen LogP contribution in [0.15, 0.2) is 28.5 Å². The van der Waals surface area contributed by atoms with Gasteiger partial charge in [0, 0.05) is 6.54 Å². The Bertz CT molecular complexity index is 787. The molecule has 3 aromatic rings. The van der Waals surface area contributed by atoms with Crippen LogP contribution in [-0.4, -0.2) is 31.5 Å². The molecule has 0 atom stereocenters. The van der Waals surface area contributed by atoms with Gasteiger partial charge >= 0.3 is 0 Å². The first-order chi connectivity index (χ1) is 10.1. The number of nitrogens with zero attached hydrogens (tertiary/aromatic N) is 4. The van der Waals surface area contributed by atoms with E-state index in [9.17, 15) is 0 Å². The lowest BCUT2D eigenvalue weighted by molar-refractivity contribution is 0.893. The quantitative estimate of drug-likeness (QED) is 0.768. The molecular weight excluding hydrogens is 308 g/mol. The molecule has 6 nitrogen and oxygen atoms in total. The first kappa shape index (κ1) is 14.1. The van der Waals surface area contributed by atoms with Crippen LogP contribution >= 0.6 is 23.4 Å². The lowest BCUT2D eigenvalue weighted by Gasteiger charge is -2.02. The standard InChI is InChI=1S/C13H13ClN6S/c1-3-15-11-18-10(14)19-13(20-11)21-12-16-8-5-4-7(2)6-9(8)17-12/h4-6H,3H2,1-2H3,(H,16,17)(H,15,18,19,20). The van der Waals surface area contributed by atoms with Crippen LogP contribution in [0.25, 0.3) is 11.0 Å². The molecule has 21 heavy (non-hydrogen) atoms. The van der Waals surface area contributed by atoms with E-state index in [0.717, 1.165) is 16.2 Å². The van der Waals surface area contributed by atoms with Gasteiger partial charge in [-0.1, -0.05) is 6.07 Å². The fourth-order valence-corrected chi connectivity index (χ4v) is 2.80. The van der Waals surface area contributed by atoms with Crippen LogP contribution < -0.4 is 5.32 Å². The molecule has 1 aromatic carbocycles. The smallest absolute Gasteiger partial charge is 0.228 e. The Hall–Kier alpha value is -1.86. The second-order valence-corrected chi connectivity index (χ2v) is 5.70. The van der Waals surface area contributed by atoms with Crippen molar-refractivity contribution in [2.24, 2.45) is 0 Å². The molecule has 0 radical (unpaired) electrons. The number of benzene rings is 1. The molecule has 2 N–H and O–H groups in total. The minimum absolute atomic E-state index is 0.162. The number of hydrogen-bond acceptors (Lipinski definition) is 6. The van der Waals surface area contributed by atoms with E-state index in [-0.39, 0.29) is 5.28 Å². The van der Waals surface area contributed by atoms with E-state index in [4.69, 9.17) is 11.6 Å². The van der Waals surface area contributed by atoms with Gasteiger partial charge in [0.2, 0.25) is 16.4 Å². The van der Waals surface area contributed by atoms with Gasteiger partial charge in [-0.2, -0.15) is 15.0 Å². The van der Waals surface area contributed by atoms with Crippen LogP contribution in [0.3, 0.4) is 0 Å². The molecule has 0 saturated carbocycles. The molecule has 108 valence electrons. The predicted octanol–water partition coefficient (Wildman–Crippen LogP) is 3.29. The fourth-order valence-electron chi connectivity index (χ4n) is 1.85. The Morgan fingerprint density at radius 2 is 2.10 bits per heavy atom. The molecular formula is C13H13ClN6S. The molecule has 0 fully saturated rings. The molecule has 0 spiro atoms. The predicted molar refractivity (Wildman–Crippen MR) is 84.0 cm³/mol. The molecule has 0 aliphatic carbocycles. The number of rotatable bonds is 4. The molecule has 0 unspecified atom stereocenters. The Labute approximate surface area is 130 Å². The van der Waals surface area contributed by atoms with Gasteiger partial charge in [-0.25, -0.2) is 4.98 Å². The van der Waals surface area contributed by atoms with Gasteiger partial charge < -0.3 is 10.3 Å². The van der Waals surface area contributed by atoms with Gasteiger partial charge in [-0.3, -0.25) is 0 Å². The maximum absolute atomic E-state index is 5.91. The minimum atomic E-state index is 0.162. The second-order valence-electron chi connectivity index (χ2n) is 4.41. The van der Waals surface area contributed by atoms with E-state index >= 15 is 0 Å². The Balaban J connectivity index is 1.90. The van der Waals surface area contributed by atoms with Crippen LogP contribution in [0.2, 0.25) is 5.28 Å². The third-order valence-corrected chi connectivity index (χ3v) is 3.65. The van der Waals surface area contributed by atoms with Crippen molar-refractivity contribution in [3.63, 3.8) is 0 Å². The number of fused-ring (bicyclic) bond motifs is 1. The minimum Gasteiger partial charge on any atom is -0.354 e. The summed E-state index contributed by atoms with van der Waals surface area (Å²) in [5, 5.41) is 4.40. The van der Waals surface area contributed by atoms with E-state index in [1.54, 1.807) is 0 Å². The van der Waals surface area contributed by atoms with Crippen molar-refractivity contribution in [3.8, 4) is 0 Å². The highest BCUT2D eigenvalue weighted by Gasteiger charge is 2.10. The Kier molecular flexibility index (Phi) is 3.94. The summed E-state index contributed by atoms with van der Waals surface area (Å²) in [6.45, 7) is 4.72. The third kappa shape index (κ3) is 3.25. The van der Waals surface area contributed by atoms with Gasteiger partial charge in [-0.05, 0) is 54.9 Å². The molecule has 2 heterocycles. The fraction of sp³-hybridized carbons (Fsp3) is 0.231. The first-order valence-corrected chi connectivity index (χ1v) is 7.63. The zero-order valence-corrected chi connectivity index (χ0v) is 13.1. The number of aryl methyl sites for hydroxylation is 1. The van der Waals surface area contributed by atoms with E-state index in [1.165, 1.54) is 17.3 Å². The zero-order chi connectivity index (χ0) is 14.8. The Morgan fingerprint density at radius 3 is 2.90 bits per heavy atom. The van der Waals surface area contributed by atoms with Gasteiger partial charge in [0.25, 0.3) is 0 Å². The largest absolute Gasteiger partial charge is 0.354 e. The topological polar surface area (TPSA) is 79.4 Å². The highest BCUT2D eigenvalue weighted by molar-refractivity contribution is 7.99. The van der Waals surface area contributed by atoms with Crippen molar-refractivity contribution in [1.82, 2.24) is 24.9 Å². The van der Waals surface area contributed by atoms with E-state index in [1.807, 2.05) is 26.0 Å². The highest BCUT2D eigenvalue weighted by atomic mass is 35.5. The maximum Gasteiger partial charge on any atom is 0.228 e. The normalized spacial score (nSPS) is 11.0. The average Bonchev–Trinajstić information content (AvgIpc) is 2.79. The monoisotopic (exact) mass is 320 g/mol. The van der Waals surface area contributed by atoms with Crippen LogP contribution in [0, 0.1) is 6.92 Å². The SMILES string of the molecule is CCNc1nc(Cl)nc(Sc2nc3ccc(C)cc3[nH]2)n1. The summed E-state index contributed by atoms with van der Waals surface area (Å²) in [4.78, 5) is 20.1. The summed E-state index contributed by atoms with van der Waals surface area (Å²) in [5.41, 5.74) is 3.08. The van der Waals surface area contributed by atoms with Crippen molar-refractivity contribution in [2.45, 2.75) is 24.2 Å². The molecule has 0 amide bonds. The second kappa shape index (κ2) is 5.87. The number of aromatic nitrogens is 5. The Morgan fingerprint density at radius 1 is 1.24 bits per heavy atom. The van der Waals surface area contributed by atoms with Crippen molar-refractivity contribution in [2.75, 3.05) is 11.9 Å². The summed E-state index contributed by atoms with van der Waals surface area (Å²) in [7, 11) is 0. The van der Waals surface area contributed by atoms with Crippen LogP contribution in [0.5, 0.6) is 0 Å². The molecule has 0 bridgehead atoms. The number of halogens is 1. The number of nitrogens with one attached hydrogen (secondary N) is 2. The molecule has 2 aromatic heterocycles. The molecule has 0 aliphatic heterocycles. The highest BCUT2D eigenvalue weighted by Crippen LogP contribution is 2.26. The molecule has 0 aliphatic rings. The third-order valence-electron chi connectivity index (χ3n) is 2.73. The number of anilines is 1. The maximum atomic E-state index is 5.91. The van der Waals surface area contributed by atoms with Crippen LogP contribution in [-0.2, 0) is 0 Å². The lowest BCUT2D eigenvalue weighted by atomic mass is 10.2. The number of imidazole rings is 1. The summed E-state index contributed by atoms with van der Waals surface area (Å²) in [6, 6.07) is 6.06. The zero-order valence-electron chi connectivity index (χ0n) is 11.5. The van der Waals surface area contributed by atoms with Crippen LogP contribution in [0.1, 0.15) is 12.5 Å². The van der Waals surface area contributed by atoms with Crippen molar-refractivity contribution in [1.29, 1.82) is 0 Å².